The van der Waals surface area contributed by atoms with Gasteiger partial charge in [0.15, 0.2) is 11.5 Å². The van der Waals surface area contributed by atoms with Crippen molar-refractivity contribution in [2.24, 2.45) is 11.1 Å². The standard InChI is InChI=1S/C16H22N2O4/c1-10(2)9-17-16(19)15-8-12(18-22-15)11-5-6-13(20-3)14(7-11)21-4/h5-7,10,15H,8-9H2,1-4H3,(H,17,19)/t15-/m0/s1. The second kappa shape index (κ2) is 7.15. The van der Waals surface area contributed by atoms with E-state index in [0.29, 0.717) is 30.4 Å². The Kier molecular flexibility index (Phi) is 5.25. The van der Waals surface area contributed by atoms with Crippen LogP contribution in [0.25, 0.3) is 0 Å². The van der Waals surface area contributed by atoms with E-state index >= 15 is 0 Å². The minimum absolute atomic E-state index is 0.132. The Balaban J connectivity index is 2.02. The Morgan fingerprint density at radius 1 is 1.36 bits per heavy atom. The van der Waals surface area contributed by atoms with E-state index in [0.717, 1.165) is 11.3 Å². The van der Waals surface area contributed by atoms with E-state index in [1.54, 1.807) is 14.2 Å². The fourth-order valence-corrected chi connectivity index (χ4v) is 2.12. The molecule has 0 fully saturated rings. The summed E-state index contributed by atoms with van der Waals surface area (Å²) in [4.78, 5) is 17.2. The summed E-state index contributed by atoms with van der Waals surface area (Å²) in [7, 11) is 3.17. The molecule has 0 aliphatic carbocycles. The van der Waals surface area contributed by atoms with Crippen LogP contribution in [0.2, 0.25) is 0 Å². The Hall–Kier alpha value is -2.24. The van der Waals surface area contributed by atoms with Gasteiger partial charge < -0.3 is 19.6 Å². The van der Waals surface area contributed by atoms with E-state index in [-0.39, 0.29) is 5.91 Å². The zero-order chi connectivity index (χ0) is 16.1. The second-order valence-corrected chi connectivity index (χ2v) is 5.54. The van der Waals surface area contributed by atoms with Crippen LogP contribution in [0.15, 0.2) is 23.4 Å². The Bertz CT molecular complexity index is 569. The molecule has 2 rings (SSSR count). The fraction of sp³-hybridized carbons (Fsp3) is 0.500. The van der Waals surface area contributed by atoms with Gasteiger partial charge in [-0.2, -0.15) is 0 Å². The molecule has 0 aromatic heterocycles. The maximum Gasteiger partial charge on any atom is 0.264 e. The molecule has 6 nitrogen and oxygen atoms in total. The molecular formula is C16H22N2O4. The first-order valence-electron chi connectivity index (χ1n) is 7.28. The van der Waals surface area contributed by atoms with Crippen LogP contribution in [-0.4, -0.2) is 38.5 Å². The molecule has 120 valence electrons. The van der Waals surface area contributed by atoms with Crippen LogP contribution in [0.4, 0.5) is 0 Å². The fourth-order valence-electron chi connectivity index (χ4n) is 2.12. The van der Waals surface area contributed by atoms with Crippen LogP contribution in [0.1, 0.15) is 25.8 Å². The van der Waals surface area contributed by atoms with E-state index in [1.807, 2.05) is 32.0 Å². The highest BCUT2D eigenvalue weighted by atomic mass is 16.6. The summed E-state index contributed by atoms with van der Waals surface area (Å²) >= 11 is 0. The monoisotopic (exact) mass is 306 g/mol. The predicted molar refractivity (Wildman–Crippen MR) is 83.4 cm³/mol. The molecule has 1 aliphatic heterocycles. The first-order chi connectivity index (χ1) is 10.5. The van der Waals surface area contributed by atoms with Crippen LogP contribution < -0.4 is 14.8 Å². The Labute approximate surface area is 130 Å². The van der Waals surface area contributed by atoms with Gasteiger partial charge in [-0.25, -0.2) is 0 Å². The van der Waals surface area contributed by atoms with Crippen molar-refractivity contribution in [2.75, 3.05) is 20.8 Å². The van der Waals surface area contributed by atoms with Gasteiger partial charge >= 0.3 is 0 Å². The largest absolute Gasteiger partial charge is 0.493 e. The molecule has 1 heterocycles. The summed E-state index contributed by atoms with van der Waals surface area (Å²) in [6.07, 6.45) is -0.124. The highest BCUT2D eigenvalue weighted by Crippen LogP contribution is 2.29. The third-order valence-electron chi connectivity index (χ3n) is 3.36. The van der Waals surface area contributed by atoms with Crippen molar-refractivity contribution in [1.82, 2.24) is 5.32 Å². The first-order valence-corrected chi connectivity index (χ1v) is 7.28. The van der Waals surface area contributed by atoms with Gasteiger partial charge in [0, 0.05) is 18.5 Å². The maximum atomic E-state index is 12.0. The molecule has 0 spiro atoms. The molecule has 1 amide bonds. The van der Waals surface area contributed by atoms with Gasteiger partial charge in [0.05, 0.1) is 19.9 Å². The first kappa shape index (κ1) is 16.1. The predicted octanol–water partition coefficient (Wildman–Crippen LogP) is 1.97. The molecule has 0 unspecified atom stereocenters. The highest BCUT2D eigenvalue weighted by Gasteiger charge is 2.29. The molecule has 1 aliphatic rings. The minimum Gasteiger partial charge on any atom is -0.493 e. The van der Waals surface area contributed by atoms with E-state index < -0.39 is 6.10 Å². The summed E-state index contributed by atoms with van der Waals surface area (Å²) in [5.41, 5.74) is 1.59. The van der Waals surface area contributed by atoms with Crippen molar-refractivity contribution in [2.45, 2.75) is 26.4 Å². The van der Waals surface area contributed by atoms with Crippen LogP contribution in [0, 0.1) is 5.92 Å². The maximum absolute atomic E-state index is 12.0. The average molecular weight is 306 g/mol. The molecule has 0 saturated carbocycles. The average Bonchev–Trinajstić information content (AvgIpc) is 3.01. The number of nitrogens with zero attached hydrogens (tertiary/aromatic N) is 1. The molecule has 22 heavy (non-hydrogen) atoms. The van der Waals surface area contributed by atoms with Crippen molar-refractivity contribution in [1.29, 1.82) is 0 Å². The van der Waals surface area contributed by atoms with Crippen molar-refractivity contribution in [3.63, 3.8) is 0 Å². The number of carbonyl (C=O) groups is 1. The van der Waals surface area contributed by atoms with Crippen molar-refractivity contribution in [3.05, 3.63) is 23.8 Å². The molecule has 1 atom stereocenters. The molecule has 1 aromatic rings. The Morgan fingerprint density at radius 3 is 2.73 bits per heavy atom. The van der Waals surface area contributed by atoms with Crippen LogP contribution >= 0.6 is 0 Å². The zero-order valence-corrected chi connectivity index (χ0v) is 13.4. The number of amides is 1. The summed E-state index contributed by atoms with van der Waals surface area (Å²) in [6.45, 7) is 4.72. The normalized spacial score (nSPS) is 17.0. The number of methoxy groups -OCH3 is 2. The van der Waals surface area contributed by atoms with E-state index in [9.17, 15) is 4.79 Å². The highest BCUT2D eigenvalue weighted by molar-refractivity contribution is 6.04. The van der Waals surface area contributed by atoms with E-state index in [4.69, 9.17) is 14.3 Å². The number of hydrogen-bond acceptors (Lipinski definition) is 5. The molecular weight excluding hydrogens is 284 g/mol. The number of benzene rings is 1. The van der Waals surface area contributed by atoms with Gasteiger partial charge in [0.1, 0.15) is 0 Å². The number of ether oxygens (including phenoxy) is 2. The second-order valence-electron chi connectivity index (χ2n) is 5.54. The zero-order valence-electron chi connectivity index (χ0n) is 13.4. The van der Waals surface area contributed by atoms with Crippen LogP contribution in [0.5, 0.6) is 11.5 Å². The molecule has 6 heteroatoms. The number of hydrogen-bond donors (Lipinski definition) is 1. The third kappa shape index (κ3) is 3.69. The van der Waals surface area contributed by atoms with Crippen molar-refractivity contribution >= 4 is 11.6 Å². The van der Waals surface area contributed by atoms with Crippen molar-refractivity contribution < 1.29 is 19.1 Å². The summed E-state index contributed by atoms with van der Waals surface area (Å²) in [5, 5.41) is 6.88. The lowest BCUT2D eigenvalue weighted by atomic mass is 10.0. The molecule has 0 saturated heterocycles. The molecule has 0 radical (unpaired) electrons. The van der Waals surface area contributed by atoms with E-state index in [1.165, 1.54) is 0 Å². The Morgan fingerprint density at radius 2 is 2.09 bits per heavy atom. The third-order valence-corrected chi connectivity index (χ3v) is 3.36. The lowest BCUT2D eigenvalue weighted by Gasteiger charge is -2.11. The van der Waals surface area contributed by atoms with Gasteiger partial charge in [-0.3, -0.25) is 4.79 Å². The number of rotatable bonds is 6. The summed E-state index contributed by atoms with van der Waals surface area (Å²) in [6, 6.07) is 5.51. The molecule has 1 aromatic carbocycles. The number of carbonyl (C=O) groups excluding carboxylic acids is 1. The van der Waals surface area contributed by atoms with E-state index in [2.05, 4.69) is 10.5 Å². The van der Waals surface area contributed by atoms with Gasteiger partial charge in [0.25, 0.3) is 5.91 Å². The minimum atomic E-state index is -0.568. The summed E-state index contributed by atoms with van der Waals surface area (Å²) < 4.78 is 10.5. The summed E-state index contributed by atoms with van der Waals surface area (Å²) in [5.74, 6) is 1.54. The quantitative estimate of drug-likeness (QED) is 0.872. The van der Waals surface area contributed by atoms with Gasteiger partial charge in [-0.1, -0.05) is 19.0 Å². The smallest absolute Gasteiger partial charge is 0.264 e. The van der Waals surface area contributed by atoms with Crippen LogP contribution in [0.3, 0.4) is 0 Å². The van der Waals surface area contributed by atoms with Gasteiger partial charge in [0.2, 0.25) is 6.10 Å². The SMILES string of the molecule is COc1ccc(C2=NO[C@H](C(=O)NCC(C)C)C2)cc1OC. The van der Waals surface area contributed by atoms with Gasteiger partial charge in [-0.15, -0.1) is 0 Å². The van der Waals surface area contributed by atoms with Gasteiger partial charge in [-0.05, 0) is 24.1 Å². The molecule has 1 N–H and O–H groups in total. The lowest BCUT2D eigenvalue weighted by molar-refractivity contribution is -0.131. The number of nitrogens with one attached hydrogen (secondary N) is 1. The molecule has 0 bridgehead atoms. The van der Waals surface area contributed by atoms with Crippen LogP contribution in [-0.2, 0) is 9.63 Å². The van der Waals surface area contributed by atoms with Crippen molar-refractivity contribution in [3.8, 4) is 11.5 Å². The topological polar surface area (TPSA) is 69.2 Å². The number of oxime groups is 1. The lowest BCUT2D eigenvalue weighted by Crippen LogP contribution is -2.36.